The third kappa shape index (κ3) is 5.56. The zero-order chi connectivity index (χ0) is 38.6. The highest BCUT2D eigenvalue weighted by molar-refractivity contribution is 6.32. The van der Waals surface area contributed by atoms with Gasteiger partial charge in [0, 0.05) is 29.0 Å². The van der Waals surface area contributed by atoms with Gasteiger partial charge in [-0.05, 0) is 71.7 Å². The number of amides is 2. The minimum atomic E-state index is -1.45. The number of hydrogen-bond donors (Lipinski definition) is 1. The Labute approximate surface area is 326 Å². The smallest absolute Gasteiger partial charge is 0.238 e. The number of nitrogens with zero attached hydrogens (tertiary/aromatic N) is 1. The van der Waals surface area contributed by atoms with Crippen LogP contribution in [0.25, 0.3) is 5.57 Å². The van der Waals surface area contributed by atoms with E-state index in [1.54, 1.807) is 18.2 Å². The third-order valence-electron chi connectivity index (χ3n) is 12.5. The van der Waals surface area contributed by atoms with Crippen LogP contribution in [0.2, 0.25) is 0 Å². The van der Waals surface area contributed by atoms with Crippen LogP contribution >= 0.6 is 0 Å². The van der Waals surface area contributed by atoms with E-state index in [9.17, 15) is 14.7 Å². The van der Waals surface area contributed by atoms with Gasteiger partial charge in [0.25, 0.3) is 0 Å². The van der Waals surface area contributed by atoms with Crippen molar-refractivity contribution < 1.29 is 29.0 Å². The van der Waals surface area contributed by atoms with Crippen molar-refractivity contribution in [2.75, 3.05) is 4.90 Å². The summed E-state index contributed by atoms with van der Waals surface area (Å²) in [4.78, 5) is 60.7. The fourth-order valence-corrected chi connectivity index (χ4v) is 9.95. The number of ketones is 2. The second kappa shape index (κ2) is 14.1. The summed E-state index contributed by atoms with van der Waals surface area (Å²) in [6, 6.07) is 41.0. The largest absolute Gasteiger partial charge is 0.508 e. The Kier molecular flexibility index (Phi) is 8.88. The van der Waals surface area contributed by atoms with E-state index in [0.29, 0.717) is 46.7 Å². The molecule has 6 atom stereocenters. The van der Waals surface area contributed by atoms with Crippen LogP contribution in [-0.2, 0) is 37.6 Å². The zero-order valence-electron chi connectivity index (χ0n) is 31.0. The molecule has 9 rings (SSSR count). The van der Waals surface area contributed by atoms with Crippen LogP contribution in [0.15, 0.2) is 151 Å². The van der Waals surface area contributed by atoms with E-state index in [4.69, 9.17) is 4.74 Å². The maximum absolute atomic E-state index is 15.3. The molecule has 2 fully saturated rings. The second-order valence-electron chi connectivity index (χ2n) is 15.3. The maximum atomic E-state index is 15.3. The number of aryl methyl sites for hydroxylation is 1. The van der Waals surface area contributed by atoms with Crippen molar-refractivity contribution in [2.24, 2.45) is 23.7 Å². The SMILES string of the molecule is CCc1ccc(N2C(=O)C3CC=C4C(CC5C(=O)C(c6ccccc6)=CC(=O)C5(c5ccccc5)C4c4ccc(OCc5ccccc5)cc4O)C3C2=O)cc1. The maximum Gasteiger partial charge on any atom is 0.238 e. The highest BCUT2D eigenvalue weighted by Gasteiger charge is 2.66. The Morgan fingerprint density at radius 1 is 0.750 bits per heavy atom. The normalized spacial score (nSPS) is 25.5. The van der Waals surface area contributed by atoms with Gasteiger partial charge in [0.05, 0.1) is 22.9 Å². The number of fused-ring (bicyclic) bond motifs is 4. The van der Waals surface area contributed by atoms with Crippen LogP contribution in [0.4, 0.5) is 5.69 Å². The predicted octanol–water partition coefficient (Wildman–Crippen LogP) is 8.56. The lowest BCUT2D eigenvalue weighted by Gasteiger charge is -2.55. The van der Waals surface area contributed by atoms with Crippen LogP contribution in [-0.4, -0.2) is 28.5 Å². The molecule has 56 heavy (non-hydrogen) atoms. The van der Waals surface area contributed by atoms with Gasteiger partial charge in [0.15, 0.2) is 11.6 Å². The van der Waals surface area contributed by atoms with E-state index in [2.05, 4.69) is 6.92 Å². The molecule has 278 valence electrons. The topological polar surface area (TPSA) is 101 Å². The summed E-state index contributed by atoms with van der Waals surface area (Å²) in [6.07, 6.45) is 4.81. The summed E-state index contributed by atoms with van der Waals surface area (Å²) in [6.45, 7) is 2.35. The minimum Gasteiger partial charge on any atom is -0.508 e. The first-order valence-corrected chi connectivity index (χ1v) is 19.4. The Morgan fingerprint density at radius 2 is 1.43 bits per heavy atom. The number of phenolic OH excluding ortho intramolecular Hbond substituents is 1. The van der Waals surface area contributed by atoms with Gasteiger partial charge in [-0.3, -0.25) is 24.1 Å². The summed E-state index contributed by atoms with van der Waals surface area (Å²) in [5, 5.41) is 12.0. The van der Waals surface area contributed by atoms with Crippen molar-refractivity contribution in [3.05, 3.63) is 179 Å². The van der Waals surface area contributed by atoms with Crippen molar-refractivity contribution in [1.29, 1.82) is 0 Å². The van der Waals surface area contributed by atoms with E-state index in [0.717, 1.165) is 23.1 Å². The number of benzene rings is 5. The molecule has 5 aromatic carbocycles. The molecule has 5 aromatic rings. The fourth-order valence-electron chi connectivity index (χ4n) is 9.95. The third-order valence-corrected chi connectivity index (χ3v) is 12.5. The van der Waals surface area contributed by atoms with Crippen molar-refractivity contribution in [3.8, 4) is 11.5 Å². The van der Waals surface area contributed by atoms with Crippen molar-refractivity contribution in [3.63, 3.8) is 0 Å². The number of allylic oxidation sites excluding steroid dienone is 4. The molecule has 3 aliphatic carbocycles. The number of phenols is 1. The summed E-state index contributed by atoms with van der Waals surface area (Å²) >= 11 is 0. The molecule has 0 aromatic heterocycles. The van der Waals surface area contributed by atoms with E-state index >= 15 is 9.59 Å². The lowest BCUT2D eigenvalue weighted by atomic mass is 9.44. The molecule has 0 spiro atoms. The zero-order valence-corrected chi connectivity index (χ0v) is 31.0. The van der Waals surface area contributed by atoms with E-state index in [-0.39, 0.29) is 35.6 Å². The van der Waals surface area contributed by atoms with Gasteiger partial charge < -0.3 is 9.84 Å². The van der Waals surface area contributed by atoms with Gasteiger partial charge in [0.1, 0.15) is 18.1 Å². The molecule has 6 unspecified atom stereocenters. The minimum absolute atomic E-state index is 0.0807. The highest BCUT2D eigenvalue weighted by atomic mass is 16.5. The number of Topliss-reactive ketones (excluding diaryl/α,β-unsaturated/α-hetero) is 1. The predicted molar refractivity (Wildman–Crippen MR) is 214 cm³/mol. The summed E-state index contributed by atoms with van der Waals surface area (Å²) in [7, 11) is 0. The van der Waals surface area contributed by atoms with E-state index in [1.165, 1.54) is 11.0 Å². The molecule has 7 heteroatoms. The number of anilines is 1. The average Bonchev–Trinajstić information content (AvgIpc) is 3.50. The van der Waals surface area contributed by atoms with E-state index < -0.39 is 35.0 Å². The molecule has 1 heterocycles. The number of imide groups is 1. The lowest BCUT2D eigenvalue weighted by Crippen LogP contribution is -2.58. The molecule has 1 saturated heterocycles. The van der Waals surface area contributed by atoms with Crippen molar-refractivity contribution in [2.45, 2.75) is 44.1 Å². The van der Waals surface area contributed by atoms with Crippen LogP contribution in [0.1, 0.15) is 53.5 Å². The average molecular weight is 740 g/mol. The lowest BCUT2D eigenvalue weighted by molar-refractivity contribution is -0.135. The van der Waals surface area contributed by atoms with E-state index in [1.807, 2.05) is 121 Å². The van der Waals surface area contributed by atoms with Gasteiger partial charge in [-0.1, -0.05) is 128 Å². The van der Waals surface area contributed by atoms with Crippen molar-refractivity contribution >= 4 is 34.6 Å². The summed E-state index contributed by atoms with van der Waals surface area (Å²) in [5.41, 5.74) is 4.03. The van der Waals surface area contributed by atoms with Gasteiger partial charge in [-0.25, -0.2) is 0 Å². The van der Waals surface area contributed by atoms with Crippen LogP contribution in [0.3, 0.4) is 0 Å². The Bertz CT molecular complexity index is 2420. The summed E-state index contributed by atoms with van der Waals surface area (Å²) < 4.78 is 6.10. The molecule has 2 amide bonds. The quantitative estimate of drug-likeness (QED) is 0.127. The molecular weight excluding hydrogens is 699 g/mol. The van der Waals surface area contributed by atoms with Crippen LogP contribution < -0.4 is 9.64 Å². The highest BCUT2D eigenvalue weighted by Crippen LogP contribution is 2.64. The first kappa shape index (κ1) is 35.4. The molecular formula is C49H41NO6. The molecule has 0 bridgehead atoms. The van der Waals surface area contributed by atoms with Gasteiger partial charge in [0.2, 0.25) is 11.8 Å². The molecule has 1 saturated carbocycles. The molecule has 7 nitrogen and oxygen atoms in total. The Hall–Kier alpha value is -6.34. The first-order chi connectivity index (χ1) is 27.3. The van der Waals surface area contributed by atoms with Gasteiger partial charge in [-0.2, -0.15) is 0 Å². The number of ether oxygens (including phenoxy) is 1. The monoisotopic (exact) mass is 739 g/mol. The fraction of sp³-hybridized carbons (Fsp3) is 0.224. The molecule has 1 aliphatic heterocycles. The standard InChI is InChI=1S/C49H41NO6/c1-2-30-18-20-34(21-19-30)50-47(54)38-25-24-36-40(44(38)48(50)55)27-41-46(53)39(32-14-8-4-9-15-32)28-43(52)49(41,33-16-10-5-11-17-33)45(36)37-23-22-35(26-42(37)51)56-29-31-12-6-3-7-13-31/h3-24,26,28,38,40-41,44-45,51H,2,25,27,29H2,1H3. The molecule has 4 aliphatic rings. The first-order valence-electron chi connectivity index (χ1n) is 19.4. The number of carbonyl (C=O) groups excluding carboxylic acids is 4. The Morgan fingerprint density at radius 3 is 2.11 bits per heavy atom. The van der Waals surface area contributed by atoms with Crippen LogP contribution in [0, 0.1) is 23.7 Å². The second-order valence-corrected chi connectivity index (χ2v) is 15.3. The molecule has 0 radical (unpaired) electrons. The van der Waals surface area contributed by atoms with Gasteiger partial charge >= 0.3 is 0 Å². The number of carbonyl (C=O) groups is 4. The molecule has 1 N–H and O–H groups in total. The van der Waals surface area contributed by atoms with Crippen LogP contribution in [0.5, 0.6) is 11.5 Å². The summed E-state index contributed by atoms with van der Waals surface area (Å²) in [5.74, 6) is -4.26. The number of hydrogen-bond acceptors (Lipinski definition) is 6. The number of rotatable bonds is 8. The number of aromatic hydroxyl groups is 1. The van der Waals surface area contributed by atoms with Crippen molar-refractivity contribution in [1.82, 2.24) is 0 Å². The van der Waals surface area contributed by atoms with Gasteiger partial charge in [-0.15, -0.1) is 0 Å². The Balaban J connectivity index is 1.21.